The molecule has 4 rings (SSSR count). The van der Waals surface area contributed by atoms with Crippen molar-refractivity contribution in [2.24, 2.45) is 0 Å². The summed E-state index contributed by atoms with van der Waals surface area (Å²) in [5.41, 5.74) is -0.134. The SMILES string of the molecule is OCCCNc1cnc(Sc2ccnc3c2OCC2(COC2)N3)cn1. The number of aliphatic hydroxyl groups excluding tert-OH is 1. The molecule has 0 unspecified atom stereocenters. The fraction of sp³-hybridized carbons (Fsp3) is 0.438. The highest BCUT2D eigenvalue weighted by Crippen LogP contribution is 2.42. The molecule has 0 atom stereocenters. The van der Waals surface area contributed by atoms with Crippen molar-refractivity contribution in [2.45, 2.75) is 21.9 Å². The van der Waals surface area contributed by atoms with E-state index in [2.05, 4.69) is 25.6 Å². The number of rotatable bonds is 6. The largest absolute Gasteiger partial charge is 0.486 e. The zero-order valence-electron chi connectivity index (χ0n) is 13.6. The summed E-state index contributed by atoms with van der Waals surface area (Å²) in [5.74, 6) is 2.19. The Labute approximate surface area is 149 Å². The van der Waals surface area contributed by atoms with E-state index in [4.69, 9.17) is 14.6 Å². The molecule has 3 N–H and O–H groups in total. The van der Waals surface area contributed by atoms with E-state index in [1.807, 2.05) is 6.07 Å². The van der Waals surface area contributed by atoms with Gasteiger partial charge in [-0.05, 0) is 12.5 Å². The molecule has 2 aromatic rings. The maximum Gasteiger partial charge on any atom is 0.175 e. The fourth-order valence-corrected chi connectivity index (χ4v) is 3.42. The van der Waals surface area contributed by atoms with Gasteiger partial charge in [-0.25, -0.2) is 15.0 Å². The van der Waals surface area contributed by atoms with Gasteiger partial charge in [-0.1, -0.05) is 11.8 Å². The van der Waals surface area contributed by atoms with Crippen molar-refractivity contribution in [1.82, 2.24) is 15.0 Å². The Bertz CT molecular complexity index is 739. The number of anilines is 2. The van der Waals surface area contributed by atoms with Gasteiger partial charge < -0.3 is 25.2 Å². The lowest BCUT2D eigenvalue weighted by Gasteiger charge is -2.44. The van der Waals surface area contributed by atoms with Crippen LogP contribution < -0.4 is 15.4 Å². The van der Waals surface area contributed by atoms with Crippen LogP contribution in [0, 0.1) is 0 Å². The number of ether oxygens (including phenoxy) is 2. The van der Waals surface area contributed by atoms with Gasteiger partial charge in [-0.2, -0.15) is 0 Å². The summed E-state index contributed by atoms with van der Waals surface area (Å²) in [5, 5.41) is 16.1. The van der Waals surface area contributed by atoms with Gasteiger partial charge in [-0.3, -0.25) is 0 Å². The molecule has 8 nitrogen and oxygen atoms in total. The average molecular weight is 361 g/mol. The Morgan fingerprint density at radius 2 is 2.16 bits per heavy atom. The first-order chi connectivity index (χ1) is 12.3. The van der Waals surface area contributed by atoms with Gasteiger partial charge in [-0.15, -0.1) is 0 Å². The first-order valence-corrected chi connectivity index (χ1v) is 8.92. The Kier molecular flexibility index (Phi) is 4.60. The second-order valence-electron chi connectivity index (χ2n) is 6.02. The van der Waals surface area contributed by atoms with Crippen molar-refractivity contribution in [3.8, 4) is 5.75 Å². The zero-order valence-corrected chi connectivity index (χ0v) is 14.4. The third-order valence-electron chi connectivity index (χ3n) is 3.99. The molecule has 2 aliphatic rings. The molecule has 2 aliphatic heterocycles. The van der Waals surface area contributed by atoms with E-state index in [-0.39, 0.29) is 12.1 Å². The molecule has 0 saturated carbocycles. The van der Waals surface area contributed by atoms with Gasteiger partial charge in [0.15, 0.2) is 11.6 Å². The van der Waals surface area contributed by atoms with Crippen LogP contribution in [0.15, 0.2) is 34.6 Å². The van der Waals surface area contributed by atoms with Crippen LogP contribution in [-0.2, 0) is 4.74 Å². The Balaban J connectivity index is 1.45. The predicted octanol–water partition coefficient (Wildman–Crippen LogP) is 1.39. The third-order valence-corrected chi connectivity index (χ3v) is 4.95. The van der Waals surface area contributed by atoms with Crippen molar-refractivity contribution in [3.05, 3.63) is 24.7 Å². The lowest BCUT2D eigenvalue weighted by molar-refractivity contribution is -0.0652. The number of hydrogen-bond acceptors (Lipinski definition) is 9. The quantitative estimate of drug-likeness (QED) is 0.659. The molecule has 0 aromatic carbocycles. The Morgan fingerprint density at radius 3 is 2.88 bits per heavy atom. The van der Waals surface area contributed by atoms with Crippen molar-refractivity contribution in [1.29, 1.82) is 0 Å². The van der Waals surface area contributed by atoms with Crippen LogP contribution in [0.1, 0.15) is 6.42 Å². The average Bonchev–Trinajstić information content (AvgIpc) is 2.62. The van der Waals surface area contributed by atoms with Crippen LogP contribution in [0.3, 0.4) is 0 Å². The molecule has 9 heteroatoms. The first-order valence-electron chi connectivity index (χ1n) is 8.10. The molecule has 25 heavy (non-hydrogen) atoms. The molecule has 1 fully saturated rings. The highest BCUT2D eigenvalue weighted by atomic mass is 32.2. The third kappa shape index (κ3) is 3.48. The molecular weight excluding hydrogens is 342 g/mol. The standard InChI is InChI=1S/C16H19N5O3S/c22-5-1-3-17-12-6-20-13(7-19-12)25-11-2-4-18-15-14(11)24-10-16(21-15)8-23-9-16/h2,4,6-7,22H,1,3,5,8-10H2,(H,17,19)(H,18,21). The van der Waals surface area contributed by atoms with Gasteiger partial charge in [0.2, 0.25) is 0 Å². The number of aliphatic hydroxyl groups is 1. The van der Waals surface area contributed by atoms with E-state index in [1.54, 1.807) is 18.6 Å². The summed E-state index contributed by atoms with van der Waals surface area (Å²) in [6, 6.07) is 1.91. The van der Waals surface area contributed by atoms with Crippen molar-refractivity contribution >= 4 is 23.4 Å². The normalized spacial score (nSPS) is 17.2. The van der Waals surface area contributed by atoms with Crippen molar-refractivity contribution in [2.75, 3.05) is 43.6 Å². The van der Waals surface area contributed by atoms with Crippen LogP contribution in [-0.4, -0.2) is 58.6 Å². The number of fused-ring (bicyclic) bond motifs is 1. The number of pyridine rings is 1. The highest BCUT2D eigenvalue weighted by Gasteiger charge is 2.43. The van der Waals surface area contributed by atoms with Crippen LogP contribution in [0.5, 0.6) is 5.75 Å². The van der Waals surface area contributed by atoms with E-state index < -0.39 is 0 Å². The summed E-state index contributed by atoms with van der Waals surface area (Å²) in [4.78, 5) is 14.1. The maximum atomic E-state index is 8.79. The summed E-state index contributed by atoms with van der Waals surface area (Å²) >= 11 is 1.49. The van der Waals surface area contributed by atoms with E-state index in [0.717, 1.165) is 21.5 Å². The molecule has 2 aromatic heterocycles. The zero-order chi connectivity index (χ0) is 17.1. The number of hydrogen-bond donors (Lipinski definition) is 3. The number of nitrogens with zero attached hydrogens (tertiary/aromatic N) is 3. The number of nitrogens with one attached hydrogen (secondary N) is 2. The summed E-state index contributed by atoms with van der Waals surface area (Å²) in [7, 11) is 0. The summed E-state index contributed by atoms with van der Waals surface area (Å²) in [6.45, 7) is 2.67. The molecule has 1 spiro atoms. The van der Waals surface area contributed by atoms with E-state index >= 15 is 0 Å². The topological polar surface area (TPSA) is 101 Å². The molecule has 0 aliphatic carbocycles. The second-order valence-corrected chi connectivity index (χ2v) is 7.08. The van der Waals surface area contributed by atoms with Crippen LogP contribution in [0.4, 0.5) is 11.6 Å². The Morgan fingerprint density at radius 1 is 1.24 bits per heavy atom. The van der Waals surface area contributed by atoms with Gasteiger partial charge >= 0.3 is 0 Å². The van der Waals surface area contributed by atoms with E-state index in [9.17, 15) is 0 Å². The van der Waals surface area contributed by atoms with Gasteiger partial charge in [0.1, 0.15) is 23.0 Å². The minimum atomic E-state index is -0.134. The summed E-state index contributed by atoms with van der Waals surface area (Å²) < 4.78 is 11.3. The van der Waals surface area contributed by atoms with Crippen LogP contribution in [0.25, 0.3) is 0 Å². The van der Waals surface area contributed by atoms with Gasteiger partial charge in [0.05, 0.1) is 30.5 Å². The molecule has 0 radical (unpaired) electrons. The van der Waals surface area contributed by atoms with Crippen LogP contribution >= 0.6 is 11.8 Å². The minimum Gasteiger partial charge on any atom is -0.486 e. The molecule has 0 amide bonds. The predicted molar refractivity (Wildman–Crippen MR) is 93.3 cm³/mol. The smallest absolute Gasteiger partial charge is 0.175 e. The van der Waals surface area contributed by atoms with E-state index in [1.165, 1.54) is 11.8 Å². The first kappa shape index (κ1) is 16.4. The van der Waals surface area contributed by atoms with Gasteiger partial charge in [0, 0.05) is 19.3 Å². The molecule has 132 valence electrons. The summed E-state index contributed by atoms with van der Waals surface area (Å²) in [6.07, 6.45) is 5.84. The lowest BCUT2D eigenvalue weighted by atomic mass is 9.97. The van der Waals surface area contributed by atoms with Gasteiger partial charge in [0.25, 0.3) is 0 Å². The molecule has 0 bridgehead atoms. The molecule has 1 saturated heterocycles. The van der Waals surface area contributed by atoms with Crippen LogP contribution in [0.2, 0.25) is 0 Å². The molecule has 4 heterocycles. The monoisotopic (exact) mass is 361 g/mol. The number of aromatic nitrogens is 3. The fourth-order valence-electron chi connectivity index (χ4n) is 2.61. The minimum absolute atomic E-state index is 0.134. The van der Waals surface area contributed by atoms with Crippen molar-refractivity contribution < 1.29 is 14.6 Å². The maximum absolute atomic E-state index is 8.79. The van der Waals surface area contributed by atoms with E-state index in [0.29, 0.717) is 38.6 Å². The van der Waals surface area contributed by atoms with Crippen molar-refractivity contribution in [3.63, 3.8) is 0 Å². The second kappa shape index (κ2) is 7.03. The lowest BCUT2D eigenvalue weighted by Crippen LogP contribution is -2.61. The Hall–Kier alpha value is -2.10. The molecular formula is C16H19N5O3S. The highest BCUT2D eigenvalue weighted by molar-refractivity contribution is 7.99.